The minimum Gasteiger partial charge on any atom is -0.453 e. The summed E-state index contributed by atoms with van der Waals surface area (Å²) in [6.45, 7) is 0. The van der Waals surface area contributed by atoms with Gasteiger partial charge in [0.2, 0.25) is 0 Å². The second kappa shape index (κ2) is 7.71. The first-order valence-corrected chi connectivity index (χ1v) is 8.27. The van der Waals surface area contributed by atoms with Crippen LogP contribution in [0.5, 0.6) is 11.5 Å². The molecule has 24 heavy (non-hydrogen) atoms. The van der Waals surface area contributed by atoms with Gasteiger partial charge in [-0.05, 0) is 30.3 Å². The van der Waals surface area contributed by atoms with E-state index in [9.17, 15) is 0 Å². The van der Waals surface area contributed by atoms with Crippen molar-refractivity contribution in [1.82, 2.24) is 0 Å². The molecule has 0 unspecified atom stereocenters. The lowest BCUT2D eigenvalue weighted by Gasteiger charge is -2.10. The van der Waals surface area contributed by atoms with Crippen molar-refractivity contribution >= 4 is 46.7 Å². The van der Waals surface area contributed by atoms with Crippen LogP contribution in [0.4, 0.5) is 5.69 Å². The van der Waals surface area contributed by atoms with Gasteiger partial charge in [-0.15, -0.1) is 0 Å². The first-order chi connectivity index (χ1) is 11.6. The van der Waals surface area contributed by atoms with Crippen molar-refractivity contribution in [1.29, 1.82) is 0 Å². The zero-order valence-electron chi connectivity index (χ0n) is 12.4. The van der Waals surface area contributed by atoms with Gasteiger partial charge in [-0.25, -0.2) is 0 Å². The monoisotopic (exact) mass is 375 g/mol. The van der Waals surface area contributed by atoms with Crippen LogP contribution in [0.15, 0.2) is 71.7 Å². The fraction of sp³-hybridized carbons (Fsp3) is 0. The molecule has 0 aliphatic heterocycles. The maximum absolute atomic E-state index is 6.15. The first-order valence-electron chi connectivity index (χ1n) is 7.14. The highest BCUT2D eigenvalue weighted by Crippen LogP contribution is 2.36. The average molecular weight is 377 g/mol. The van der Waals surface area contributed by atoms with Crippen LogP contribution in [-0.4, -0.2) is 6.21 Å². The van der Waals surface area contributed by atoms with E-state index >= 15 is 0 Å². The SMILES string of the molecule is Clc1ccc(Cl)c(Oc2ccccc2N=Cc2ccccc2Cl)c1. The van der Waals surface area contributed by atoms with E-state index in [-0.39, 0.29) is 0 Å². The van der Waals surface area contributed by atoms with Crippen LogP contribution < -0.4 is 4.74 Å². The molecule has 0 aliphatic rings. The molecule has 0 saturated carbocycles. The van der Waals surface area contributed by atoms with Gasteiger partial charge in [0.15, 0.2) is 5.75 Å². The molecule has 0 saturated heterocycles. The highest BCUT2D eigenvalue weighted by atomic mass is 35.5. The van der Waals surface area contributed by atoms with Gasteiger partial charge in [-0.1, -0.05) is 65.1 Å². The van der Waals surface area contributed by atoms with Gasteiger partial charge in [-0.3, -0.25) is 4.99 Å². The summed E-state index contributed by atoms with van der Waals surface area (Å²) in [6.07, 6.45) is 1.70. The molecule has 0 aromatic heterocycles. The number of nitrogens with zero attached hydrogens (tertiary/aromatic N) is 1. The second-order valence-corrected chi connectivity index (χ2v) is 6.18. The molecule has 0 amide bonds. The third-order valence-corrected chi connectivity index (χ3v) is 4.12. The molecule has 5 heteroatoms. The van der Waals surface area contributed by atoms with E-state index in [1.54, 1.807) is 24.4 Å². The fourth-order valence-electron chi connectivity index (χ4n) is 2.04. The Balaban J connectivity index is 1.91. The lowest BCUT2D eigenvalue weighted by Crippen LogP contribution is -1.87. The smallest absolute Gasteiger partial charge is 0.153 e. The standard InChI is InChI=1S/C19H12Cl3NO/c20-14-9-10-16(22)19(11-14)24-18-8-4-3-7-17(18)23-12-13-5-1-2-6-15(13)21/h1-12H. The maximum atomic E-state index is 6.15. The molecule has 0 radical (unpaired) electrons. The normalized spacial score (nSPS) is 11.0. The van der Waals surface area contributed by atoms with Crippen molar-refractivity contribution in [2.45, 2.75) is 0 Å². The summed E-state index contributed by atoms with van der Waals surface area (Å²) >= 11 is 18.3. The van der Waals surface area contributed by atoms with Crippen LogP contribution in [0.3, 0.4) is 0 Å². The Kier molecular flexibility index (Phi) is 5.41. The van der Waals surface area contributed by atoms with Crippen LogP contribution >= 0.6 is 34.8 Å². The van der Waals surface area contributed by atoms with E-state index < -0.39 is 0 Å². The quantitative estimate of drug-likeness (QED) is 0.441. The molecule has 0 N–H and O–H groups in total. The number of hydrogen-bond acceptors (Lipinski definition) is 2. The Labute approximate surface area is 155 Å². The van der Waals surface area contributed by atoms with E-state index in [0.717, 1.165) is 5.56 Å². The number of ether oxygens (including phenoxy) is 1. The number of hydrogen-bond donors (Lipinski definition) is 0. The van der Waals surface area contributed by atoms with Gasteiger partial charge in [0.05, 0.1) is 5.02 Å². The first kappa shape index (κ1) is 16.8. The predicted molar refractivity (Wildman–Crippen MR) is 102 cm³/mol. The lowest BCUT2D eigenvalue weighted by atomic mass is 10.2. The molecule has 2 nitrogen and oxygen atoms in total. The van der Waals surface area contributed by atoms with Gasteiger partial charge >= 0.3 is 0 Å². The van der Waals surface area contributed by atoms with E-state index in [1.807, 2.05) is 48.5 Å². The molecule has 0 aliphatic carbocycles. The third kappa shape index (κ3) is 4.09. The number of para-hydroxylation sites is 2. The van der Waals surface area contributed by atoms with Crippen molar-refractivity contribution in [2.24, 2.45) is 4.99 Å². The van der Waals surface area contributed by atoms with Crippen LogP contribution in [0.25, 0.3) is 0 Å². The highest BCUT2D eigenvalue weighted by Gasteiger charge is 2.07. The Bertz CT molecular complexity index is 893. The Morgan fingerprint density at radius 1 is 0.750 bits per heavy atom. The highest BCUT2D eigenvalue weighted by molar-refractivity contribution is 6.34. The molecule has 3 aromatic carbocycles. The molecule has 0 fully saturated rings. The summed E-state index contributed by atoms with van der Waals surface area (Å²) in [6, 6.07) is 20.0. The maximum Gasteiger partial charge on any atom is 0.153 e. The van der Waals surface area contributed by atoms with Crippen LogP contribution in [-0.2, 0) is 0 Å². The fourth-order valence-corrected chi connectivity index (χ4v) is 2.55. The number of benzene rings is 3. The van der Waals surface area contributed by atoms with Gasteiger partial charge in [0.25, 0.3) is 0 Å². The summed E-state index contributed by atoms with van der Waals surface area (Å²) in [7, 11) is 0. The Morgan fingerprint density at radius 2 is 1.50 bits per heavy atom. The molecular weight excluding hydrogens is 365 g/mol. The van der Waals surface area contributed by atoms with Gasteiger partial charge in [-0.2, -0.15) is 0 Å². The van der Waals surface area contributed by atoms with Gasteiger partial charge in [0, 0.05) is 27.9 Å². The third-order valence-electron chi connectivity index (χ3n) is 3.23. The van der Waals surface area contributed by atoms with Crippen LogP contribution in [0.2, 0.25) is 15.1 Å². The summed E-state index contributed by atoms with van der Waals surface area (Å²) in [5.41, 5.74) is 1.49. The molecule has 0 atom stereocenters. The minimum absolute atomic E-state index is 0.476. The average Bonchev–Trinajstić information content (AvgIpc) is 2.58. The van der Waals surface area contributed by atoms with Crippen molar-refractivity contribution in [3.63, 3.8) is 0 Å². The number of rotatable bonds is 4. The molecule has 0 heterocycles. The molecule has 3 aromatic rings. The van der Waals surface area contributed by atoms with E-state index in [1.165, 1.54) is 0 Å². The largest absolute Gasteiger partial charge is 0.453 e. The van der Waals surface area contributed by atoms with Crippen LogP contribution in [0.1, 0.15) is 5.56 Å². The van der Waals surface area contributed by atoms with Crippen molar-refractivity contribution in [3.05, 3.63) is 87.4 Å². The number of halogens is 3. The van der Waals surface area contributed by atoms with E-state index in [4.69, 9.17) is 39.5 Å². The molecule has 120 valence electrons. The zero-order valence-corrected chi connectivity index (χ0v) is 14.7. The van der Waals surface area contributed by atoms with E-state index in [2.05, 4.69) is 4.99 Å². The van der Waals surface area contributed by atoms with Crippen molar-refractivity contribution < 1.29 is 4.74 Å². The lowest BCUT2D eigenvalue weighted by molar-refractivity contribution is 0.484. The minimum atomic E-state index is 0.476. The summed E-state index contributed by atoms with van der Waals surface area (Å²) in [5.74, 6) is 1.05. The topological polar surface area (TPSA) is 21.6 Å². The van der Waals surface area contributed by atoms with Crippen molar-refractivity contribution in [3.8, 4) is 11.5 Å². The van der Waals surface area contributed by atoms with E-state index in [0.29, 0.717) is 32.3 Å². The molecule has 0 spiro atoms. The van der Waals surface area contributed by atoms with Gasteiger partial charge < -0.3 is 4.74 Å². The summed E-state index contributed by atoms with van der Waals surface area (Å²) < 4.78 is 5.88. The molecule has 3 rings (SSSR count). The summed E-state index contributed by atoms with van der Waals surface area (Å²) in [5, 5.41) is 1.66. The number of aliphatic imine (C=N–C) groups is 1. The Hall–Kier alpha value is -2.00. The molecule has 0 bridgehead atoms. The Morgan fingerprint density at radius 3 is 2.33 bits per heavy atom. The van der Waals surface area contributed by atoms with Crippen LogP contribution in [0, 0.1) is 0 Å². The summed E-state index contributed by atoms with van der Waals surface area (Å²) in [4.78, 5) is 4.48. The van der Waals surface area contributed by atoms with Crippen molar-refractivity contribution in [2.75, 3.05) is 0 Å². The van der Waals surface area contributed by atoms with Gasteiger partial charge in [0.1, 0.15) is 11.4 Å². The zero-order chi connectivity index (χ0) is 16.9. The molecular formula is C19H12Cl3NO. The predicted octanol–water partition coefficient (Wildman–Crippen LogP) is 7.19. The second-order valence-electron chi connectivity index (χ2n) is 4.92.